The molecule has 1 heterocycles. The zero-order chi connectivity index (χ0) is 13.8. The summed E-state index contributed by atoms with van der Waals surface area (Å²) in [6.45, 7) is 1.67. The van der Waals surface area contributed by atoms with Gasteiger partial charge in [-0.1, -0.05) is 23.7 Å². The molecule has 0 bridgehead atoms. The lowest BCUT2D eigenvalue weighted by atomic mass is 10.1. The van der Waals surface area contributed by atoms with Crippen molar-refractivity contribution in [3.63, 3.8) is 0 Å². The average Bonchev–Trinajstić information content (AvgIpc) is 2.75. The van der Waals surface area contributed by atoms with Gasteiger partial charge in [0.25, 0.3) is 0 Å². The van der Waals surface area contributed by atoms with Gasteiger partial charge in [0, 0.05) is 23.5 Å². The van der Waals surface area contributed by atoms with Crippen molar-refractivity contribution >= 4 is 28.8 Å². The molecule has 0 aliphatic carbocycles. The Bertz CT molecular complexity index is 565. The van der Waals surface area contributed by atoms with Gasteiger partial charge in [0.05, 0.1) is 4.34 Å². The van der Waals surface area contributed by atoms with E-state index in [0.29, 0.717) is 5.56 Å². The maximum absolute atomic E-state index is 11.0. The summed E-state index contributed by atoms with van der Waals surface area (Å²) in [4.78, 5) is 14.4. The van der Waals surface area contributed by atoms with E-state index in [4.69, 9.17) is 17.3 Å². The number of amides is 1. The molecule has 0 aliphatic rings. The van der Waals surface area contributed by atoms with Crippen molar-refractivity contribution in [1.82, 2.24) is 4.90 Å². The highest BCUT2D eigenvalue weighted by Crippen LogP contribution is 2.22. The number of thiophene rings is 1. The van der Waals surface area contributed by atoms with Crippen LogP contribution < -0.4 is 5.73 Å². The molecule has 1 aromatic heterocycles. The van der Waals surface area contributed by atoms with Crippen molar-refractivity contribution in [3.8, 4) is 0 Å². The summed E-state index contributed by atoms with van der Waals surface area (Å²) in [5.41, 5.74) is 6.90. The van der Waals surface area contributed by atoms with Crippen LogP contribution in [0.2, 0.25) is 4.34 Å². The summed E-state index contributed by atoms with van der Waals surface area (Å²) < 4.78 is 0.814. The predicted molar refractivity (Wildman–Crippen MR) is 79.5 cm³/mol. The molecule has 0 atom stereocenters. The van der Waals surface area contributed by atoms with Crippen molar-refractivity contribution in [2.45, 2.75) is 13.1 Å². The van der Waals surface area contributed by atoms with E-state index in [-0.39, 0.29) is 0 Å². The number of carbonyl (C=O) groups is 1. The number of hydrogen-bond acceptors (Lipinski definition) is 3. The van der Waals surface area contributed by atoms with Crippen LogP contribution in [-0.4, -0.2) is 17.9 Å². The number of carbonyl (C=O) groups excluding carboxylic acids is 1. The van der Waals surface area contributed by atoms with Crippen LogP contribution in [0, 0.1) is 0 Å². The van der Waals surface area contributed by atoms with Gasteiger partial charge in [-0.05, 0) is 36.9 Å². The number of nitrogens with two attached hydrogens (primary N) is 1. The fourth-order valence-electron chi connectivity index (χ4n) is 1.84. The normalized spacial score (nSPS) is 10.9. The molecule has 2 rings (SSSR count). The Kier molecular flexibility index (Phi) is 4.58. The van der Waals surface area contributed by atoms with Gasteiger partial charge >= 0.3 is 0 Å². The van der Waals surface area contributed by atoms with Crippen LogP contribution in [0.25, 0.3) is 0 Å². The Morgan fingerprint density at radius 2 is 1.89 bits per heavy atom. The largest absolute Gasteiger partial charge is 0.366 e. The molecule has 1 aromatic carbocycles. The Morgan fingerprint density at radius 3 is 2.42 bits per heavy atom. The van der Waals surface area contributed by atoms with Gasteiger partial charge in [0.2, 0.25) is 5.91 Å². The van der Waals surface area contributed by atoms with E-state index in [2.05, 4.69) is 11.9 Å². The van der Waals surface area contributed by atoms with Crippen LogP contribution in [0.15, 0.2) is 36.4 Å². The molecule has 0 fully saturated rings. The molecular weight excluding hydrogens is 280 g/mol. The summed E-state index contributed by atoms with van der Waals surface area (Å²) in [7, 11) is 2.05. The monoisotopic (exact) mass is 294 g/mol. The smallest absolute Gasteiger partial charge is 0.248 e. The highest BCUT2D eigenvalue weighted by Gasteiger charge is 2.05. The summed E-state index contributed by atoms with van der Waals surface area (Å²) >= 11 is 7.50. The molecule has 0 spiro atoms. The van der Waals surface area contributed by atoms with Crippen molar-refractivity contribution < 1.29 is 4.79 Å². The van der Waals surface area contributed by atoms with Crippen LogP contribution in [0.1, 0.15) is 20.8 Å². The van der Waals surface area contributed by atoms with Gasteiger partial charge in [-0.25, -0.2) is 0 Å². The highest BCUT2D eigenvalue weighted by atomic mass is 35.5. The van der Waals surface area contributed by atoms with Crippen LogP contribution >= 0.6 is 22.9 Å². The van der Waals surface area contributed by atoms with Crippen molar-refractivity contribution in [3.05, 3.63) is 56.7 Å². The van der Waals surface area contributed by atoms with E-state index in [1.54, 1.807) is 23.5 Å². The van der Waals surface area contributed by atoms with E-state index in [1.165, 1.54) is 4.88 Å². The molecule has 2 N–H and O–H groups in total. The van der Waals surface area contributed by atoms with E-state index in [9.17, 15) is 4.79 Å². The van der Waals surface area contributed by atoms with Crippen molar-refractivity contribution in [2.75, 3.05) is 7.05 Å². The minimum Gasteiger partial charge on any atom is -0.366 e. The molecule has 19 heavy (non-hydrogen) atoms. The molecule has 0 saturated heterocycles. The molecule has 0 aliphatic heterocycles. The summed E-state index contributed by atoms with van der Waals surface area (Å²) in [5.74, 6) is -0.395. The van der Waals surface area contributed by atoms with Gasteiger partial charge in [0.15, 0.2) is 0 Å². The Hall–Kier alpha value is -1.36. The molecule has 0 saturated carbocycles. The molecule has 1 amide bonds. The maximum Gasteiger partial charge on any atom is 0.248 e. The maximum atomic E-state index is 11.0. The van der Waals surface area contributed by atoms with Gasteiger partial charge in [-0.3, -0.25) is 9.69 Å². The summed E-state index contributed by atoms with van der Waals surface area (Å²) in [5, 5.41) is 0. The second-order valence-electron chi connectivity index (χ2n) is 4.44. The summed E-state index contributed by atoms with van der Waals surface area (Å²) in [6.07, 6.45) is 0. The first-order chi connectivity index (χ1) is 9.04. The van der Waals surface area contributed by atoms with Crippen LogP contribution in [0.5, 0.6) is 0 Å². The zero-order valence-electron chi connectivity index (χ0n) is 10.6. The first-order valence-corrected chi connectivity index (χ1v) is 7.05. The lowest BCUT2D eigenvalue weighted by Crippen LogP contribution is -2.17. The van der Waals surface area contributed by atoms with Gasteiger partial charge in [0.1, 0.15) is 0 Å². The van der Waals surface area contributed by atoms with E-state index in [1.807, 2.05) is 24.3 Å². The van der Waals surface area contributed by atoms with E-state index >= 15 is 0 Å². The van der Waals surface area contributed by atoms with Crippen LogP contribution in [0.4, 0.5) is 0 Å². The van der Waals surface area contributed by atoms with Crippen LogP contribution in [0.3, 0.4) is 0 Å². The van der Waals surface area contributed by atoms with Crippen LogP contribution in [-0.2, 0) is 13.1 Å². The molecule has 2 aromatic rings. The third kappa shape index (κ3) is 4.06. The minimum atomic E-state index is -0.395. The number of primary amides is 1. The van der Waals surface area contributed by atoms with E-state index < -0.39 is 5.91 Å². The Balaban J connectivity index is 1.94. The van der Waals surface area contributed by atoms with Gasteiger partial charge in [-0.2, -0.15) is 0 Å². The fourth-order valence-corrected chi connectivity index (χ4v) is 3.01. The van der Waals surface area contributed by atoms with Gasteiger partial charge < -0.3 is 5.73 Å². The molecular formula is C14H15ClN2OS. The minimum absolute atomic E-state index is 0.395. The number of hydrogen-bond donors (Lipinski definition) is 1. The topological polar surface area (TPSA) is 46.3 Å². The molecule has 3 nitrogen and oxygen atoms in total. The third-order valence-corrected chi connectivity index (χ3v) is 3.96. The Morgan fingerprint density at radius 1 is 1.21 bits per heavy atom. The molecule has 0 radical (unpaired) electrons. The van der Waals surface area contributed by atoms with Crippen molar-refractivity contribution in [2.24, 2.45) is 5.73 Å². The zero-order valence-corrected chi connectivity index (χ0v) is 12.2. The predicted octanol–water partition coefficient (Wildman–Crippen LogP) is 3.13. The van der Waals surface area contributed by atoms with E-state index in [0.717, 1.165) is 23.0 Å². The number of benzene rings is 1. The quantitative estimate of drug-likeness (QED) is 0.921. The van der Waals surface area contributed by atoms with Crippen molar-refractivity contribution in [1.29, 1.82) is 0 Å². The average molecular weight is 295 g/mol. The molecule has 100 valence electrons. The highest BCUT2D eigenvalue weighted by molar-refractivity contribution is 7.16. The fraction of sp³-hybridized carbons (Fsp3) is 0.214. The second kappa shape index (κ2) is 6.19. The SMILES string of the molecule is CN(Cc1ccc(C(N)=O)cc1)Cc1ccc(Cl)s1. The van der Waals surface area contributed by atoms with Gasteiger partial charge in [-0.15, -0.1) is 11.3 Å². The number of rotatable bonds is 5. The lowest BCUT2D eigenvalue weighted by molar-refractivity contribution is 0.100. The molecule has 0 unspecified atom stereocenters. The summed E-state index contributed by atoms with van der Waals surface area (Å²) in [6, 6.07) is 11.3. The standard InChI is InChI=1S/C14H15ClN2OS/c1-17(9-12-6-7-13(15)19-12)8-10-2-4-11(5-3-10)14(16)18/h2-7H,8-9H2,1H3,(H2,16,18). The first-order valence-electron chi connectivity index (χ1n) is 5.86. The molecule has 5 heteroatoms. The Labute approximate surface area is 121 Å². The second-order valence-corrected chi connectivity index (χ2v) is 6.24. The third-order valence-electron chi connectivity index (χ3n) is 2.75. The number of nitrogens with zero attached hydrogens (tertiary/aromatic N) is 1. The lowest BCUT2D eigenvalue weighted by Gasteiger charge is -2.15. The number of halogens is 1. The first kappa shape index (κ1) is 14.1.